The first-order chi connectivity index (χ1) is 11.3. The van der Waals surface area contributed by atoms with Crippen LogP contribution in [-0.4, -0.2) is 11.4 Å². The average molecular weight is 340 g/mol. The summed E-state index contributed by atoms with van der Waals surface area (Å²) in [5.74, 6) is 1.40. The van der Waals surface area contributed by atoms with Crippen molar-refractivity contribution in [3.8, 4) is 5.75 Å². The van der Waals surface area contributed by atoms with Gasteiger partial charge in [-0.25, -0.2) is 0 Å². The number of ether oxygens (including phenoxy) is 1. The number of nitrogens with zero attached hydrogens (tertiary/aromatic N) is 1. The van der Waals surface area contributed by atoms with Gasteiger partial charge < -0.3 is 19.7 Å². The zero-order valence-electron chi connectivity index (χ0n) is 12.7. The van der Waals surface area contributed by atoms with E-state index in [1.54, 1.807) is 11.1 Å². The normalized spacial score (nSPS) is 18.3. The van der Waals surface area contributed by atoms with Gasteiger partial charge >= 0.3 is 6.36 Å². The van der Waals surface area contributed by atoms with Crippen LogP contribution in [0.3, 0.4) is 0 Å². The number of hydrogen-bond acceptors (Lipinski definition) is 5. The van der Waals surface area contributed by atoms with E-state index in [9.17, 15) is 13.2 Å². The van der Waals surface area contributed by atoms with Gasteiger partial charge in [0.05, 0.1) is 6.54 Å². The van der Waals surface area contributed by atoms with Gasteiger partial charge in [0.15, 0.2) is 0 Å². The lowest BCUT2D eigenvalue weighted by molar-refractivity contribution is -0.274. The van der Waals surface area contributed by atoms with Crippen molar-refractivity contribution in [2.45, 2.75) is 25.9 Å². The Morgan fingerprint density at radius 3 is 2.46 bits per heavy atom. The summed E-state index contributed by atoms with van der Waals surface area (Å²) in [5.41, 5.74) is 6.45. The third-order valence-electron chi connectivity index (χ3n) is 3.40. The molecule has 1 aromatic carbocycles. The van der Waals surface area contributed by atoms with Crippen LogP contribution in [0.4, 0.5) is 13.2 Å². The summed E-state index contributed by atoms with van der Waals surface area (Å²) in [4.78, 5) is 5.45. The van der Waals surface area contributed by atoms with Crippen LogP contribution in [0.1, 0.15) is 23.1 Å². The average Bonchev–Trinajstić information content (AvgIpc) is 3.05. The van der Waals surface area contributed by atoms with E-state index in [1.807, 2.05) is 19.1 Å². The Morgan fingerprint density at radius 2 is 1.88 bits per heavy atom. The van der Waals surface area contributed by atoms with Gasteiger partial charge in [0.2, 0.25) is 5.88 Å². The fourth-order valence-electron chi connectivity index (χ4n) is 2.40. The van der Waals surface area contributed by atoms with Crippen molar-refractivity contribution in [2.24, 2.45) is 5.73 Å². The lowest BCUT2D eigenvalue weighted by Gasteiger charge is -2.21. The fourth-order valence-corrected chi connectivity index (χ4v) is 2.40. The Kier molecular flexibility index (Phi) is 4.15. The molecule has 128 valence electrons. The van der Waals surface area contributed by atoms with E-state index in [0.717, 1.165) is 11.3 Å². The number of aryl methyl sites for hydroxylation is 1. The number of rotatable bonds is 4. The third kappa shape index (κ3) is 3.83. The number of furan rings is 1. The molecule has 8 heteroatoms. The minimum absolute atomic E-state index is 0.242. The molecule has 2 heterocycles. The first-order valence-corrected chi connectivity index (χ1v) is 7.13. The molecule has 24 heavy (non-hydrogen) atoms. The molecular formula is C16H15F3N2O3. The number of hydrogen-bond donors (Lipinski definition) is 1. The van der Waals surface area contributed by atoms with Gasteiger partial charge in [-0.2, -0.15) is 0 Å². The SMILES string of the molecule is Cc1ccc(C2C=C(N)ON2Cc2ccc(OC(F)(F)F)cc2)o1. The van der Waals surface area contributed by atoms with Gasteiger partial charge in [0, 0.05) is 6.08 Å². The Labute approximate surface area is 136 Å². The maximum Gasteiger partial charge on any atom is 0.573 e. The third-order valence-corrected chi connectivity index (χ3v) is 3.40. The smallest absolute Gasteiger partial charge is 0.464 e. The molecule has 0 saturated heterocycles. The van der Waals surface area contributed by atoms with Crippen LogP contribution in [0.25, 0.3) is 0 Å². The molecule has 1 aromatic heterocycles. The molecule has 5 nitrogen and oxygen atoms in total. The van der Waals surface area contributed by atoms with Crippen LogP contribution in [0.15, 0.2) is 52.8 Å². The second-order valence-electron chi connectivity index (χ2n) is 5.32. The minimum Gasteiger partial charge on any atom is -0.464 e. The summed E-state index contributed by atoms with van der Waals surface area (Å²) in [6, 6.07) is 8.92. The summed E-state index contributed by atoms with van der Waals surface area (Å²) in [7, 11) is 0. The lowest BCUT2D eigenvalue weighted by atomic mass is 10.1. The highest BCUT2D eigenvalue weighted by Crippen LogP contribution is 2.32. The zero-order valence-corrected chi connectivity index (χ0v) is 12.7. The van der Waals surface area contributed by atoms with Crippen molar-refractivity contribution in [3.63, 3.8) is 0 Å². The second kappa shape index (κ2) is 6.12. The number of nitrogens with two attached hydrogens (primary N) is 1. The predicted molar refractivity (Wildman–Crippen MR) is 78.2 cm³/mol. The molecule has 0 aliphatic carbocycles. The highest BCUT2D eigenvalue weighted by molar-refractivity contribution is 5.28. The minimum atomic E-state index is -4.71. The summed E-state index contributed by atoms with van der Waals surface area (Å²) in [6.45, 7) is 2.14. The van der Waals surface area contributed by atoms with Crippen molar-refractivity contribution in [3.05, 3.63) is 65.4 Å². The first kappa shape index (κ1) is 16.3. The summed E-state index contributed by atoms with van der Waals surface area (Å²) < 4.78 is 46.0. The Balaban J connectivity index is 1.71. The molecule has 2 aromatic rings. The molecule has 1 atom stereocenters. The van der Waals surface area contributed by atoms with E-state index in [2.05, 4.69) is 4.74 Å². The molecule has 0 fully saturated rings. The van der Waals surface area contributed by atoms with E-state index in [0.29, 0.717) is 12.3 Å². The van der Waals surface area contributed by atoms with Crippen molar-refractivity contribution >= 4 is 0 Å². The van der Waals surface area contributed by atoms with Crippen LogP contribution < -0.4 is 10.5 Å². The standard InChI is InChI=1S/C16H15F3N2O3/c1-10-2-7-14(22-10)13-8-15(20)24-21(13)9-11-3-5-12(6-4-11)23-16(17,18)19/h2-8,13H,9,20H2,1H3. The summed E-state index contributed by atoms with van der Waals surface area (Å²) in [6.07, 6.45) is -3.00. The van der Waals surface area contributed by atoms with Gasteiger partial charge in [-0.05, 0) is 36.8 Å². The van der Waals surface area contributed by atoms with Crippen molar-refractivity contribution in [1.82, 2.24) is 5.06 Å². The predicted octanol–water partition coefficient (Wildman–Crippen LogP) is 3.78. The maximum absolute atomic E-state index is 12.2. The molecule has 1 unspecified atom stereocenters. The molecule has 3 rings (SSSR count). The lowest BCUT2D eigenvalue weighted by Crippen LogP contribution is -2.23. The first-order valence-electron chi connectivity index (χ1n) is 7.13. The van der Waals surface area contributed by atoms with Crippen LogP contribution in [0.5, 0.6) is 5.75 Å². The zero-order chi connectivity index (χ0) is 17.3. The molecule has 0 amide bonds. The quantitative estimate of drug-likeness (QED) is 0.918. The summed E-state index contributed by atoms with van der Waals surface area (Å²) in [5, 5.41) is 1.59. The number of halogens is 3. The number of alkyl halides is 3. The molecule has 2 N–H and O–H groups in total. The Morgan fingerprint density at radius 1 is 1.17 bits per heavy atom. The highest BCUT2D eigenvalue weighted by atomic mass is 19.4. The molecule has 0 radical (unpaired) electrons. The number of benzene rings is 1. The van der Waals surface area contributed by atoms with Crippen molar-refractivity contribution < 1.29 is 27.2 Å². The van der Waals surface area contributed by atoms with Crippen LogP contribution >= 0.6 is 0 Å². The molecule has 0 bridgehead atoms. The second-order valence-corrected chi connectivity index (χ2v) is 5.32. The molecule has 1 aliphatic rings. The Hall–Kier alpha value is -2.61. The van der Waals surface area contributed by atoms with Gasteiger partial charge in [0.1, 0.15) is 23.3 Å². The van der Waals surface area contributed by atoms with Gasteiger partial charge in [-0.15, -0.1) is 18.2 Å². The van der Waals surface area contributed by atoms with Crippen molar-refractivity contribution in [1.29, 1.82) is 0 Å². The van der Waals surface area contributed by atoms with Gasteiger partial charge in [-0.1, -0.05) is 12.1 Å². The van der Waals surface area contributed by atoms with Gasteiger partial charge in [-0.3, -0.25) is 0 Å². The van der Waals surface area contributed by atoms with Crippen LogP contribution in [-0.2, 0) is 11.4 Å². The molecule has 1 aliphatic heterocycles. The van der Waals surface area contributed by atoms with E-state index in [1.165, 1.54) is 24.3 Å². The maximum atomic E-state index is 12.2. The van der Waals surface area contributed by atoms with Crippen molar-refractivity contribution in [2.75, 3.05) is 0 Å². The topological polar surface area (TPSA) is 60.9 Å². The monoisotopic (exact) mass is 340 g/mol. The largest absolute Gasteiger partial charge is 0.573 e. The highest BCUT2D eigenvalue weighted by Gasteiger charge is 2.32. The van der Waals surface area contributed by atoms with E-state index >= 15 is 0 Å². The van der Waals surface area contributed by atoms with E-state index < -0.39 is 6.36 Å². The van der Waals surface area contributed by atoms with E-state index in [4.69, 9.17) is 15.0 Å². The van der Waals surface area contributed by atoms with Gasteiger partial charge in [0.25, 0.3) is 0 Å². The van der Waals surface area contributed by atoms with Crippen LogP contribution in [0, 0.1) is 6.92 Å². The van der Waals surface area contributed by atoms with Crippen LogP contribution in [0.2, 0.25) is 0 Å². The fraction of sp³-hybridized carbons (Fsp3) is 0.250. The molecule has 0 saturated carbocycles. The number of hydroxylamine groups is 2. The summed E-state index contributed by atoms with van der Waals surface area (Å²) >= 11 is 0. The van der Waals surface area contributed by atoms with E-state index in [-0.39, 0.29) is 17.7 Å². The molecular weight excluding hydrogens is 325 g/mol. The molecule has 0 spiro atoms. The Bertz CT molecular complexity index is 738.